The van der Waals surface area contributed by atoms with Crippen molar-refractivity contribution < 1.29 is 0 Å². The Morgan fingerprint density at radius 3 is 2.93 bits per heavy atom. The second-order valence-corrected chi connectivity index (χ2v) is 3.25. The molecule has 0 amide bonds. The van der Waals surface area contributed by atoms with Crippen LogP contribution in [-0.4, -0.2) is 30.1 Å². The van der Waals surface area contributed by atoms with Gasteiger partial charge in [-0.25, -0.2) is 15.0 Å². The first-order chi connectivity index (χ1) is 7.34. The van der Waals surface area contributed by atoms with Crippen molar-refractivity contribution in [1.29, 1.82) is 0 Å². The van der Waals surface area contributed by atoms with Crippen molar-refractivity contribution in [3.05, 3.63) is 24.4 Å². The Bertz CT molecular complexity index is 575. The van der Waals surface area contributed by atoms with E-state index in [0.29, 0.717) is 5.65 Å². The maximum atomic E-state index is 4.35. The first kappa shape index (κ1) is 8.10. The number of H-pyrrole nitrogens is 2. The van der Waals surface area contributed by atoms with Gasteiger partial charge in [-0.2, -0.15) is 5.10 Å². The van der Waals surface area contributed by atoms with Gasteiger partial charge >= 0.3 is 0 Å². The summed E-state index contributed by atoms with van der Waals surface area (Å²) in [7, 11) is 0. The van der Waals surface area contributed by atoms with Crippen LogP contribution < -0.4 is 0 Å². The molecule has 3 rings (SSSR count). The third kappa shape index (κ3) is 1.18. The smallest absolute Gasteiger partial charge is 0.181 e. The van der Waals surface area contributed by atoms with Crippen LogP contribution in [-0.2, 0) is 0 Å². The van der Waals surface area contributed by atoms with Crippen molar-refractivity contribution in [2.24, 2.45) is 0 Å². The highest BCUT2D eigenvalue weighted by atomic mass is 15.1. The van der Waals surface area contributed by atoms with Gasteiger partial charge in [0, 0.05) is 5.69 Å². The van der Waals surface area contributed by atoms with Gasteiger partial charge in [0.2, 0.25) is 0 Å². The number of nitrogens with zero attached hydrogens (tertiary/aromatic N) is 4. The summed E-state index contributed by atoms with van der Waals surface area (Å²) in [6.07, 6.45) is 4.92. The van der Waals surface area contributed by atoms with E-state index in [1.54, 1.807) is 12.4 Å². The number of aromatic amines is 2. The summed E-state index contributed by atoms with van der Waals surface area (Å²) in [5.41, 5.74) is 3.42. The molecule has 3 heterocycles. The van der Waals surface area contributed by atoms with Crippen LogP contribution in [0.4, 0.5) is 0 Å². The zero-order chi connectivity index (χ0) is 10.3. The molecule has 0 bridgehead atoms. The van der Waals surface area contributed by atoms with E-state index < -0.39 is 0 Å². The molecule has 74 valence electrons. The molecule has 0 radical (unpaired) electrons. The molecule has 0 aromatic carbocycles. The van der Waals surface area contributed by atoms with Crippen molar-refractivity contribution >= 4 is 11.2 Å². The number of imidazole rings is 1. The Hall–Kier alpha value is -2.24. The predicted octanol–water partition coefficient (Wildman–Crippen LogP) is 1.05. The lowest BCUT2D eigenvalue weighted by molar-refractivity contribution is 1.05. The minimum absolute atomic E-state index is 0.667. The van der Waals surface area contributed by atoms with E-state index in [1.807, 2.05) is 6.92 Å². The molecule has 6 nitrogen and oxygen atoms in total. The zero-order valence-electron chi connectivity index (χ0n) is 8.02. The summed E-state index contributed by atoms with van der Waals surface area (Å²) in [6.45, 7) is 1.95. The predicted molar refractivity (Wildman–Crippen MR) is 54.0 cm³/mol. The molecular weight excluding hydrogens is 192 g/mol. The van der Waals surface area contributed by atoms with Gasteiger partial charge in [0.25, 0.3) is 0 Å². The normalized spacial score (nSPS) is 11.0. The second-order valence-electron chi connectivity index (χ2n) is 3.25. The van der Waals surface area contributed by atoms with Gasteiger partial charge in [0.05, 0.1) is 18.0 Å². The number of aryl methyl sites for hydroxylation is 1. The quantitative estimate of drug-likeness (QED) is 0.615. The van der Waals surface area contributed by atoms with Crippen molar-refractivity contribution in [3.8, 4) is 11.4 Å². The van der Waals surface area contributed by atoms with E-state index >= 15 is 0 Å². The number of nitrogens with one attached hydrogen (secondary N) is 2. The Kier molecular flexibility index (Phi) is 1.55. The molecule has 3 aromatic rings. The highest BCUT2D eigenvalue weighted by Gasteiger charge is 2.09. The summed E-state index contributed by atoms with van der Waals surface area (Å²) in [4.78, 5) is 15.5. The minimum Gasteiger partial charge on any atom is -0.335 e. The molecule has 0 aliphatic carbocycles. The highest BCUT2D eigenvalue weighted by Crippen LogP contribution is 2.19. The van der Waals surface area contributed by atoms with E-state index in [0.717, 1.165) is 22.6 Å². The first-order valence-corrected chi connectivity index (χ1v) is 4.50. The summed E-state index contributed by atoms with van der Waals surface area (Å²) in [5.74, 6) is 0.761. The molecule has 0 fully saturated rings. The van der Waals surface area contributed by atoms with Crippen molar-refractivity contribution in [3.63, 3.8) is 0 Å². The van der Waals surface area contributed by atoms with Gasteiger partial charge in [-0.05, 0) is 6.92 Å². The molecule has 6 heteroatoms. The van der Waals surface area contributed by atoms with Crippen LogP contribution in [0.2, 0.25) is 0 Å². The average molecular weight is 200 g/mol. The average Bonchev–Trinajstić information content (AvgIpc) is 2.82. The van der Waals surface area contributed by atoms with E-state index in [1.165, 1.54) is 6.33 Å². The van der Waals surface area contributed by atoms with Crippen LogP contribution in [0.1, 0.15) is 5.69 Å². The standard InChI is InChI=1S/C9H8N6/c1-5-6(2-12-15-5)8-13-7-3-10-4-11-9(7)14-8/h2-4H,1H3,(H,12,15)(H,10,11,13,14). The largest absolute Gasteiger partial charge is 0.335 e. The molecule has 0 spiro atoms. The SMILES string of the molecule is Cc1[nH]ncc1-c1nc2ncncc2[nH]1. The summed E-state index contributed by atoms with van der Waals surface area (Å²) < 4.78 is 0. The molecule has 0 saturated carbocycles. The molecule has 2 N–H and O–H groups in total. The van der Waals surface area contributed by atoms with Crippen LogP contribution in [0.25, 0.3) is 22.6 Å². The van der Waals surface area contributed by atoms with Crippen LogP contribution in [0.15, 0.2) is 18.7 Å². The number of aromatic nitrogens is 6. The van der Waals surface area contributed by atoms with Crippen molar-refractivity contribution in [2.75, 3.05) is 0 Å². The van der Waals surface area contributed by atoms with Crippen LogP contribution in [0.5, 0.6) is 0 Å². The van der Waals surface area contributed by atoms with E-state index in [2.05, 4.69) is 30.1 Å². The fraction of sp³-hybridized carbons (Fsp3) is 0.111. The fourth-order valence-corrected chi connectivity index (χ4v) is 1.48. The number of fused-ring (bicyclic) bond motifs is 1. The van der Waals surface area contributed by atoms with Crippen LogP contribution in [0, 0.1) is 6.92 Å². The number of hydrogen-bond acceptors (Lipinski definition) is 4. The lowest BCUT2D eigenvalue weighted by Gasteiger charge is -1.90. The molecule has 0 aliphatic heterocycles. The zero-order valence-corrected chi connectivity index (χ0v) is 8.02. The Balaban J connectivity index is 2.24. The van der Waals surface area contributed by atoms with Gasteiger partial charge in [0.15, 0.2) is 5.65 Å². The maximum Gasteiger partial charge on any atom is 0.181 e. The lowest BCUT2D eigenvalue weighted by atomic mass is 10.2. The van der Waals surface area contributed by atoms with Gasteiger partial charge in [-0.15, -0.1) is 0 Å². The van der Waals surface area contributed by atoms with Crippen molar-refractivity contribution in [1.82, 2.24) is 30.1 Å². The summed E-state index contributed by atoms with van der Waals surface area (Å²) in [6, 6.07) is 0. The lowest BCUT2D eigenvalue weighted by Crippen LogP contribution is -1.80. The third-order valence-corrected chi connectivity index (χ3v) is 2.25. The van der Waals surface area contributed by atoms with Crippen LogP contribution in [0.3, 0.4) is 0 Å². The molecule has 0 saturated heterocycles. The van der Waals surface area contributed by atoms with E-state index in [9.17, 15) is 0 Å². The van der Waals surface area contributed by atoms with Crippen LogP contribution >= 0.6 is 0 Å². The molecule has 0 aliphatic rings. The molecule has 3 aromatic heterocycles. The Labute approximate surface area is 84.8 Å². The highest BCUT2D eigenvalue weighted by molar-refractivity contribution is 5.75. The van der Waals surface area contributed by atoms with Gasteiger partial charge in [-0.1, -0.05) is 0 Å². The Morgan fingerprint density at radius 2 is 2.20 bits per heavy atom. The fourth-order valence-electron chi connectivity index (χ4n) is 1.48. The van der Waals surface area contributed by atoms with Gasteiger partial charge in [0.1, 0.15) is 17.7 Å². The molecule has 15 heavy (non-hydrogen) atoms. The van der Waals surface area contributed by atoms with E-state index in [-0.39, 0.29) is 0 Å². The number of rotatable bonds is 1. The summed E-state index contributed by atoms with van der Waals surface area (Å²) in [5, 5.41) is 6.81. The minimum atomic E-state index is 0.667. The molecular formula is C9H8N6. The maximum absolute atomic E-state index is 4.35. The topological polar surface area (TPSA) is 83.1 Å². The van der Waals surface area contributed by atoms with Crippen molar-refractivity contribution in [2.45, 2.75) is 6.92 Å². The second kappa shape index (κ2) is 2.88. The van der Waals surface area contributed by atoms with E-state index in [4.69, 9.17) is 0 Å². The number of hydrogen-bond donors (Lipinski definition) is 2. The Morgan fingerprint density at radius 1 is 1.27 bits per heavy atom. The third-order valence-electron chi connectivity index (χ3n) is 2.25. The molecule has 0 atom stereocenters. The monoisotopic (exact) mass is 200 g/mol. The van der Waals surface area contributed by atoms with Gasteiger partial charge < -0.3 is 4.98 Å². The first-order valence-electron chi connectivity index (χ1n) is 4.50. The summed E-state index contributed by atoms with van der Waals surface area (Å²) >= 11 is 0. The van der Waals surface area contributed by atoms with Gasteiger partial charge in [-0.3, -0.25) is 5.10 Å². The molecule has 0 unspecified atom stereocenters.